The van der Waals surface area contributed by atoms with Crippen molar-refractivity contribution < 1.29 is 27.8 Å². The van der Waals surface area contributed by atoms with Crippen LogP contribution >= 0.6 is 0 Å². The molecule has 1 aliphatic heterocycles. The lowest BCUT2D eigenvalue weighted by Crippen LogP contribution is -1.98. The number of hydrogen-bond acceptors (Lipinski definition) is 3. The van der Waals surface area contributed by atoms with Gasteiger partial charge in [0.05, 0.1) is 12.7 Å². The number of epoxide rings is 1. The minimum Gasteiger partial charge on any atom is -0.489 e. The largest absolute Gasteiger partial charge is 0.489 e. The first-order chi connectivity index (χ1) is 17.9. The van der Waals surface area contributed by atoms with Gasteiger partial charge in [0.2, 0.25) is 0 Å². The van der Waals surface area contributed by atoms with Crippen LogP contribution < -0.4 is 4.74 Å². The van der Waals surface area contributed by atoms with Gasteiger partial charge in [-0.25, -0.2) is 13.2 Å². The van der Waals surface area contributed by atoms with E-state index >= 15 is 8.78 Å². The maximum absolute atomic E-state index is 15.1. The Balaban J connectivity index is 1.28. The monoisotopic (exact) mass is 504 g/mol. The average Bonchev–Trinajstić information content (AvgIpc) is 3.75. The molecule has 2 unspecified atom stereocenters. The zero-order valence-corrected chi connectivity index (χ0v) is 20.4. The van der Waals surface area contributed by atoms with Crippen LogP contribution in [0.5, 0.6) is 5.75 Å². The van der Waals surface area contributed by atoms with E-state index in [-0.39, 0.29) is 29.7 Å². The van der Waals surface area contributed by atoms with Crippen molar-refractivity contribution in [1.29, 1.82) is 0 Å². The standard InChI is InChI=1S/C31H27F3O3/c1-2-3-28(35)22-7-5-20(6-8-22)24-14-15-25(31(34)30(24)33)21-9-11-23(12-10-21)36-17-19-4-13-26(27(32)16-19)29-18-37-29/h4-16,28-29,35H,2-3,17-18H2,1H3. The zero-order valence-electron chi connectivity index (χ0n) is 20.4. The van der Waals surface area contributed by atoms with Crippen LogP contribution in [0.1, 0.15) is 48.7 Å². The average molecular weight is 505 g/mol. The van der Waals surface area contributed by atoms with Crippen LogP contribution in [-0.2, 0) is 11.3 Å². The van der Waals surface area contributed by atoms with Crippen LogP contribution in [0.15, 0.2) is 78.9 Å². The summed E-state index contributed by atoms with van der Waals surface area (Å²) in [6.45, 7) is 2.71. The van der Waals surface area contributed by atoms with Crippen LogP contribution in [0.2, 0.25) is 0 Å². The Morgan fingerprint density at radius 2 is 1.46 bits per heavy atom. The number of benzene rings is 4. The second-order valence-corrected chi connectivity index (χ2v) is 9.21. The first-order valence-electron chi connectivity index (χ1n) is 12.3. The number of aliphatic hydroxyl groups is 1. The molecule has 1 aliphatic rings. The van der Waals surface area contributed by atoms with Gasteiger partial charge < -0.3 is 14.6 Å². The van der Waals surface area contributed by atoms with Gasteiger partial charge in [0.1, 0.15) is 24.3 Å². The quantitative estimate of drug-likeness (QED) is 0.235. The summed E-state index contributed by atoms with van der Waals surface area (Å²) in [6.07, 6.45) is 0.774. The predicted octanol–water partition coefficient (Wildman–Crippen LogP) is 7.92. The van der Waals surface area contributed by atoms with E-state index in [9.17, 15) is 9.50 Å². The zero-order chi connectivity index (χ0) is 25.9. The second-order valence-electron chi connectivity index (χ2n) is 9.21. The molecule has 1 saturated heterocycles. The van der Waals surface area contributed by atoms with E-state index in [2.05, 4.69) is 0 Å². The molecule has 1 fully saturated rings. The summed E-state index contributed by atoms with van der Waals surface area (Å²) in [7, 11) is 0. The Hall–Kier alpha value is -3.61. The lowest BCUT2D eigenvalue weighted by molar-refractivity contribution is 0.166. The van der Waals surface area contributed by atoms with Gasteiger partial charge >= 0.3 is 0 Å². The third-order valence-corrected chi connectivity index (χ3v) is 6.57. The molecule has 5 rings (SSSR count). The van der Waals surface area contributed by atoms with Crippen LogP contribution in [0, 0.1) is 17.5 Å². The fourth-order valence-electron chi connectivity index (χ4n) is 4.37. The fraction of sp³-hybridized carbons (Fsp3) is 0.226. The maximum atomic E-state index is 15.1. The van der Waals surface area contributed by atoms with Gasteiger partial charge in [0, 0.05) is 16.7 Å². The molecule has 0 bridgehead atoms. The van der Waals surface area contributed by atoms with Crippen LogP contribution in [0.25, 0.3) is 22.3 Å². The molecule has 0 spiro atoms. The summed E-state index contributed by atoms with van der Waals surface area (Å²) in [5, 5.41) is 10.1. The van der Waals surface area contributed by atoms with Crippen molar-refractivity contribution in [3.63, 3.8) is 0 Å². The molecular weight excluding hydrogens is 477 g/mol. The number of hydrogen-bond donors (Lipinski definition) is 1. The number of ether oxygens (including phenoxy) is 2. The second kappa shape index (κ2) is 10.8. The Morgan fingerprint density at radius 3 is 2.00 bits per heavy atom. The molecule has 0 radical (unpaired) electrons. The van der Waals surface area contributed by atoms with Gasteiger partial charge in [0.15, 0.2) is 11.6 Å². The maximum Gasteiger partial charge on any atom is 0.167 e. The van der Waals surface area contributed by atoms with Crippen molar-refractivity contribution in [1.82, 2.24) is 0 Å². The van der Waals surface area contributed by atoms with E-state index in [1.165, 1.54) is 6.07 Å². The summed E-state index contributed by atoms with van der Waals surface area (Å²) < 4.78 is 55.1. The topological polar surface area (TPSA) is 42.0 Å². The van der Waals surface area contributed by atoms with E-state index in [1.807, 2.05) is 6.92 Å². The molecule has 0 saturated carbocycles. The highest BCUT2D eigenvalue weighted by Gasteiger charge is 2.27. The van der Waals surface area contributed by atoms with Gasteiger partial charge in [-0.3, -0.25) is 0 Å². The SMILES string of the molecule is CCCC(O)c1ccc(-c2ccc(-c3ccc(OCc4ccc(C5CO5)c(F)c4)cc3)c(F)c2F)cc1. The Kier molecular flexibility index (Phi) is 7.31. The molecule has 1 N–H and O–H groups in total. The molecule has 2 atom stereocenters. The number of halogens is 3. The van der Waals surface area contributed by atoms with Crippen molar-refractivity contribution in [2.75, 3.05) is 6.61 Å². The van der Waals surface area contributed by atoms with Crippen molar-refractivity contribution in [3.8, 4) is 28.0 Å². The van der Waals surface area contributed by atoms with Crippen molar-refractivity contribution in [2.45, 2.75) is 38.6 Å². The molecule has 0 aliphatic carbocycles. The van der Waals surface area contributed by atoms with Crippen molar-refractivity contribution >= 4 is 0 Å². The van der Waals surface area contributed by atoms with E-state index in [0.29, 0.717) is 41.0 Å². The molecule has 0 amide bonds. The smallest absolute Gasteiger partial charge is 0.167 e. The van der Waals surface area contributed by atoms with Gasteiger partial charge in [-0.05, 0) is 46.9 Å². The number of rotatable bonds is 9. The Bertz CT molecular complexity index is 1380. The normalized spacial score (nSPS) is 15.4. The lowest BCUT2D eigenvalue weighted by Gasteiger charge is -2.12. The highest BCUT2D eigenvalue weighted by molar-refractivity contribution is 5.72. The Labute approximate surface area is 214 Å². The highest BCUT2D eigenvalue weighted by Crippen LogP contribution is 2.34. The van der Waals surface area contributed by atoms with Gasteiger partial charge in [-0.15, -0.1) is 0 Å². The van der Waals surface area contributed by atoms with Crippen molar-refractivity contribution in [3.05, 3.63) is 113 Å². The van der Waals surface area contributed by atoms with E-state index in [1.54, 1.807) is 72.8 Å². The van der Waals surface area contributed by atoms with E-state index in [4.69, 9.17) is 9.47 Å². The van der Waals surface area contributed by atoms with Crippen molar-refractivity contribution in [2.24, 2.45) is 0 Å². The summed E-state index contributed by atoms with van der Waals surface area (Å²) in [4.78, 5) is 0. The van der Waals surface area contributed by atoms with Gasteiger partial charge in [-0.2, -0.15) is 0 Å². The van der Waals surface area contributed by atoms with Gasteiger partial charge in [-0.1, -0.05) is 74.0 Å². The van der Waals surface area contributed by atoms with Gasteiger partial charge in [0.25, 0.3) is 0 Å². The van der Waals surface area contributed by atoms with Crippen LogP contribution in [-0.4, -0.2) is 11.7 Å². The Morgan fingerprint density at radius 1 is 0.865 bits per heavy atom. The molecule has 1 heterocycles. The summed E-state index contributed by atoms with van der Waals surface area (Å²) in [6, 6.07) is 21.6. The summed E-state index contributed by atoms with van der Waals surface area (Å²) in [5.74, 6) is -1.65. The first-order valence-corrected chi connectivity index (χ1v) is 12.3. The summed E-state index contributed by atoms with van der Waals surface area (Å²) >= 11 is 0. The third kappa shape index (κ3) is 5.55. The highest BCUT2D eigenvalue weighted by atomic mass is 19.2. The third-order valence-electron chi connectivity index (χ3n) is 6.57. The predicted molar refractivity (Wildman–Crippen MR) is 137 cm³/mol. The fourth-order valence-corrected chi connectivity index (χ4v) is 4.37. The molecular formula is C31H27F3O3. The molecule has 190 valence electrons. The lowest BCUT2D eigenvalue weighted by atomic mass is 9.97. The molecule has 4 aromatic carbocycles. The number of aliphatic hydroxyl groups excluding tert-OH is 1. The van der Waals surface area contributed by atoms with E-state index in [0.717, 1.165) is 12.0 Å². The summed E-state index contributed by atoms with van der Waals surface area (Å²) in [5.41, 5.74) is 3.33. The molecule has 3 nitrogen and oxygen atoms in total. The molecule has 4 aromatic rings. The molecule has 6 heteroatoms. The minimum atomic E-state index is -0.934. The van der Waals surface area contributed by atoms with Crippen LogP contribution in [0.3, 0.4) is 0 Å². The molecule has 0 aromatic heterocycles. The minimum absolute atomic E-state index is 0.141. The van der Waals surface area contributed by atoms with E-state index < -0.39 is 17.7 Å². The first kappa shape index (κ1) is 25.1. The van der Waals surface area contributed by atoms with Crippen LogP contribution in [0.4, 0.5) is 13.2 Å². The molecule has 37 heavy (non-hydrogen) atoms.